The molecule has 0 fully saturated rings. The summed E-state index contributed by atoms with van der Waals surface area (Å²) < 4.78 is 10.6. The van der Waals surface area contributed by atoms with Gasteiger partial charge in [0.15, 0.2) is 5.70 Å². The number of esters is 1. The van der Waals surface area contributed by atoms with Crippen molar-refractivity contribution in [3.05, 3.63) is 70.4 Å². The third-order valence-electron chi connectivity index (χ3n) is 3.68. The number of cyclic esters (lactones) is 1. The molecule has 4 heteroatoms. The minimum absolute atomic E-state index is 0.268. The molecule has 2 aromatic rings. The van der Waals surface area contributed by atoms with E-state index in [9.17, 15) is 4.79 Å². The number of benzene rings is 2. The number of para-hydroxylation sites is 1. The first-order valence-corrected chi connectivity index (χ1v) is 7.31. The van der Waals surface area contributed by atoms with Crippen molar-refractivity contribution in [1.82, 2.24) is 0 Å². The van der Waals surface area contributed by atoms with E-state index in [1.54, 1.807) is 19.3 Å². The summed E-state index contributed by atoms with van der Waals surface area (Å²) in [7, 11) is 1.57. The van der Waals surface area contributed by atoms with Crippen LogP contribution in [-0.2, 0) is 9.53 Å². The molecule has 0 unspecified atom stereocenters. The molecule has 0 radical (unpaired) electrons. The highest BCUT2D eigenvalue weighted by atomic mass is 16.6. The topological polar surface area (TPSA) is 47.9 Å². The third kappa shape index (κ3) is 3.01. The van der Waals surface area contributed by atoms with E-state index in [0.29, 0.717) is 17.0 Å². The summed E-state index contributed by atoms with van der Waals surface area (Å²) in [5.74, 6) is 0.433. The van der Waals surface area contributed by atoms with E-state index in [-0.39, 0.29) is 5.90 Å². The van der Waals surface area contributed by atoms with Gasteiger partial charge in [0.1, 0.15) is 5.75 Å². The largest absolute Gasteiger partial charge is 0.496 e. The summed E-state index contributed by atoms with van der Waals surface area (Å²) in [6, 6.07) is 13.4. The van der Waals surface area contributed by atoms with Crippen molar-refractivity contribution in [1.29, 1.82) is 0 Å². The first-order valence-electron chi connectivity index (χ1n) is 7.31. The minimum atomic E-state index is -0.452. The summed E-state index contributed by atoms with van der Waals surface area (Å²) in [4.78, 5) is 16.5. The second kappa shape index (κ2) is 6.08. The molecule has 2 aromatic carbocycles. The molecule has 0 saturated carbocycles. The van der Waals surface area contributed by atoms with Gasteiger partial charge in [-0.15, -0.1) is 0 Å². The maximum Gasteiger partial charge on any atom is 0.363 e. The van der Waals surface area contributed by atoms with Crippen LogP contribution in [0.15, 0.2) is 53.2 Å². The van der Waals surface area contributed by atoms with Crippen LogP contribution in [-0.4, -0.2) is 19.0 Å². The van der Waals surface area contributed by atoms with Crippen LogP contribution < -0.4 is 4.74 Å². The Bertz CT molecular complexity index is 834. The molecule has 0 bridgehead atoms. The Morgan fingerprint density at radius 2 is 1.91 bits per heavy atom. The molecular weight excluding hydrogens is 290 g/mol. The molecule has 116 valence electrons. The van der Waals surface area contributed by atoms with Crippen LogP contribution in [0.1, 0.15) is 22.3 Å². The number of hydrogen-bond donors (Lipinski definition) is 0. The van der Waals surface area contributed by atoms with E-state index in [2.05, 4.69) is 4.99 Å². The van der Waals surface area contributed by atoms with Crippen molar-refractivity contribution in [2.45, 2.75) is 13.8 Å². The van der Waals surface area contributed by atoms with Crippen molar-refractivity contribution in [3.8, 4) is 5.75 Å². The quantitative estimate of drug-likeness (QED) is 0.642. The first kappa shape index (κ1) is 15.0. The summed E-state index contributed by atoms with van der Waals surface area (Å²) >= 11 is 0. The van der Waals surface area contributed by atoms with Crippen LogP contribution in [0, 0.1) is 13.8 Å². The van der Waals surface area contributed by atoms with Crippen molar-refractivity contribution in [3.63, 3.8) is 0 Å². The van der Waals surface area contributed by atoms with Crippen molar-refractivity contribution < 1.29 is 14.3 Å². The van der Waals surface area contributed by atoms with E-state index < -0.39 is 5.97 Å². The average molecular weight is 307 g/mol. The lowest BCUT2D eigenvalue weighted by Gasteiger charge is -2.05. The number of hydrogen-bond acceptors (Lipinski definition) is 4. The Morgan fingerprint density at radius 3 is 2.70 bits per heavy atom. The van der Waals surface area contributed by atoms with Gasteiger partial charge in [0.05, 0.1) is 12.7 Å². The second-order valence-corrected chi connectivity index (χ2v) is 5.40. The van der Waals surface area contributed by atoms with Crippen LogP contribution >= 0.6 is 0 Å². The van der Waals surface area contributed by atoms with Gasteiger partial charge in [0.25, 0.3) is 0 Å². The zero-order chi connectivity index (χ0) is 16.4. The van der Waals surface area contributed by atoms with E-state index in [1.807, 2.05) is 50.2 Å². The maximum atomic E-state index is 12.1. The summed E-state index contributed by atoms with van der Waals surface area (Å²) in [5, 5.41) is 0. The molecule has 0 atom stereocenters. The molecule has 3 rings (SSSR count). The fraction of sp³-hybridized carbons (Fsp3) is 0.158. The number of carbonyl (C=O) groups excluding carboxylic acids is 1. The van der Waals surface area contributed by atoms with Crippen molar-refractivity contribution >= 4 is 17.9 Å². The zero-order valence-electron chi connectivity index (χ0n) is 13.3. The van der Waals surface area contributed by atoms with Gasteiger partial charge in [0.2, 0.25) is 5.90 Å². The van der Waals surface area contributed by atoms with E-state index in [1.165, 1.54) is 0 Å². The Labute approximate surface area is 135 Å². The Balaban J connectivity index is 2.01. The lowest BCUT2D eigenvalue weighted by Crippen LogP contribution is -2.06. The molecule has 0 spiro atoms. The van der Waals surface area contributed by atoms with Gasteiger partial charge >= 0.3 is 5.97 Å². The number of carbonyl (C=O) groups is 1. The molecular formula is C19H17NO3. The van der Waals surface area contributed by atoms with E-state index in [0.717, 1.165) is 16.7 Å². The van der Waals surface area contributed by atoms with Crippen molar-refractivity contribution in [2.24, 2.45) is 4.99 Å². The van der Waals surface area contributed by atoms with E-state index >= 15 is 0 Å². The van der Waals surface area contributed by atoms with Crippen LogP contribution in [0.5, 0.6) is 5.75 Å². The van der Waals surface area contributed by atoms with Gasteiger partial charge < -0.3 is 9.47 Å². The molecule has 23 heavy (non-hydrogen) atoms. The molecule has 0 saturated heterocycles. The van der Waals surface area contributed by atoms with Gasteiger partial charge in [-0.05, 0) is 43.2 Å². The summed E-state index contributed by atoms with van der Waals surface area (Å²) in [6.45, 7) is 4.01. The zero-order valence-corrected chi connectivity index (χ0v) is 13.3. The third-order valence-corrected chi connectivity index (χ3v) is 3.68. The van der Waals surface area contributed by atoms with Gasteiger partial charge in [-0.2, -0.15) is 0 Å². The number of rotatable bonds is 3. The molecule has 0 N–H and O–H groups in total. The van der Waals surface area contributed by atoms with E-state index in [4.69, 9.17) is 9.47 Å². The number of aryl methyl sites for hydroxylation is 2. The SMILES string of the molecule is COc1ccccc1C1=N/C(=C/c2cc(C)ccc2C)C(=O)O1. The highest BCUT2D eigenvalue weighted by molar-refractivity contribution is 6.13. The van der Waals surface area contributed by atoms with Gasteiger partial charge in [-0.1, -0.05) is 35.9 Å². The highest BCUT2D eigenvalue weighted by Gasteiger charge is 2.26. The lowest BCUT2D eigenvalue weighted by atomic mass is 10.0. The smallest absolute Gasteiger partial charge is 0.363 e. The summed E-state index contributed by atoms with van der Waals surface area (Å²) in [6.07, 6.45) is 1.76. The monoisotopic (exact) mass is 307 g/mol. The van der Waals surface area contributed by atoms with Gasteiger partial charge in [0, 0.05) is 0 Å². The highest BCUT2D eigenvalue weighted by Crippen LogP contribution is 2.25. The normalized spacial score (nSPS) is 15.5. The van der Waals surface area contributed by atoms with Crippen LogP contribution in [0.3, 0.4) is 0 Å². The fourth-order valence-electron chi connectivity index (χ4n) is 2.41. The molecule has 0 amide bonds. The second-order valence-electron chi connectivity index (χ2n) is 5.40. The Kier molecular flexibility index (Phi) is 3.98. The van der Waals surface area contributed by atoms with Crippen LogP contribution in [0.4, 0.5) is 0 Å². The number of methoxy groups -OCH3 is 1. The predicted octanol–water partition coefficient (Wildman–Crippen LogP) is 3.66. The lowest BCUT2D eigenvalue weighted by molar-refractivity contribution is -0.129. The maximum absolute atomic E-state index is 12.1. The molecule has 0 aromatic heterocycles. The first-order chi connectivity index (χ1) is 11.1. The summed E-state index contributed by atoms with van der Waals surface area (Å²) in [5.41, 5.74) is 4.12. The van der Waals surface area contributed by atoms with Gasteiger partial charge in [-0.25, -0.2) is 9.79 Å². The minimum Gasteiger partial charge on any atom is -0.496 e. The van der Waals surface area contributed by atoms with Gasteiger partial charge in [-0.3, -0.25) is 0 Å². The number of nitrogens with zero attached hydrogens (tertiary/aromatic N) is 1. The van der Waals surface area contributed by atoms with Crippen molar-refractivity contribution in [2.75, 3.05) is 7.11 Å². The fourth-order valence-corrected chi connectivity index (χ4v) is 2.41. The molecule has 1 aliphatic heterocycles. The Hall–Kier alpha value is -2.88. The standard InChI is InChI=1S/C19H17NO3/c1-12-8-9-13(2)14(10-12)11-16-19(21)23-18(20-16)15-6-4-5-7-17(15)22-3/h4-11H,1-3H3/b16-11+. The number of ether oxygens (including phenoxy) is 2. The Morgan fingerprint density at radius 1 is 1.13 bits per heavy atom. The predicted molar refractivity (Wildman–Crippen MR) is 89.5 cm³/mol. The van der Waals surface area contributed by atoms with Crippen LogP contribution in [0.25, 0.3) is 6.08 Å². The average Bonchev–Trinajstić information content (AvgIpc) is 2.91. The molecule has 0 aliphatic carbocycles. The molecule has 1 heterocycles. The molecule has 1 aliphatic rings. The van der Waals surface area contributed by atoms with Crippen LogP contribution in [0.2, 0.25) is 0 Å². The molecule has 4 nitrogen and oxygen atoms in total. The number of aliphatic imine (C=N–C) groups is 1.